The number of piperidine rings is 1. The highest BCUT2D eigenvalue weighted by Gasteiger charge is 2.31. The van der Waals surface area contributed by atoms with Gasteiger partial charge in [-0.3, -0.25) is 0 Å². The highest BCUT2D eigenvalue weighted by atomic mass is 32.2. The molecule has 0 unspecified atom stereocenters. The molecule has 9 heteroatoms. The first-order valence-electron chi connectivity index (χ1n) is 8.22. The van der Waals surface area contributed by atoms with Crippen LogP contribution in [0, 0.1) is 12.7 Å². The van der Waals surface area contributed by atoms with E-state index in [1.807, 2.05) is 13.0 Å². The molecule has 0 aliphatic carbocycles. The van der Waals surface area contributed by atoms with Gasteiger partial charge in [0.2, 0.25) is 0 Å². The lowest BCUT2D eigenvalue weighted by Crippen LogP contribution is -2.41. The van der Waals surface area contributed by atoms with Crippen LogP contribution in [0.25, 0.3) is 10.2 Å². The Morgan fingerprint density at radius 3 is 2.62 bits per heavy atom. The summed E-state index contributed by atoms with van der Waals surface area (Å²) in [5.74, 6) is -0.360. The first kappa shape index (κ1) is 17.8. The van der Waals surface area contributed by atoms with Gasteiger partial charge in [0.05, 0.1) is 4.70 Å². The van der Waals surface area contributed by atoms with Crippen molar-refractivity contribution < 1.29 is 17.5 Å². The number of fused-ring (bicyclic) bond motifs is 1. The number of sulfonamides is 1. The third-order valence-electron chi connectivity index (χ3n) is 4.33. The van der Waals surface area contributed by atoms with Gasteiger partial charge in [-0.2, -0.15) is 9.29 Å². The number of benzene rings is 1. The minimum atomic E-state index is -3.43. The van der Waals surface area contributed by atoms with Gasteiger partial charge in [0, 0.05) is 18.0 Å². The standard InChI is InChI=1S/C17H17FN2O3S3/c1-11-5-6-15(24-11)26(21,22)20-9-7-12(8-10-20)23-17-19-16-13(18)3-2-4-14(16)25-17/h2-6,12H,7-10H2,1H3. The number of thiazole rings is 1. The van der Waals surface area contributed by atoms with Crippen molar-refractivity contribution in [3.05, 3.63) is 41.0 Å². The number of hydrogen-bond donors (Lipinski definition) is 0. The lowest BCUT2D eigenvalue weighted by molar-refractivity contribution is 0.135. The van der Waals surface area contributed by atoms with E-state index in [1.165, 1.54) is 33.0 Å². The summed E-state index contributed by atoms with van der Waals surface area (Å²) in [4.78, 5) is 5.19. The van der Waals surface area contributed by atoms with Crippen molar-refractivity contribution >= 4 is 42.9 Å². The predicted molar refractivity (Wildman–Crippen MR) is 101 cm³/mol. The molecule has 0 radical (unpaired) electrons. The van der Waals surface area contributed by atoms with Crippen LogP contribution in [0.15, 0.2) is 34.5 Å². The molecule has 2 aromatic heterocycles. The minimum Gasteiger partial charge on any atom is -0.467 e. The molecule has 1 aliphatic heterocycles. The molecule has 1 saturated heterocycles. The summed E-state index contributed by atoms with van der Waals surface area (Å²) in [6.45, 7) is 2.71. The normalized spacial score (nSPS) is 17.0. The van der Waals surface area contributed by atoms with Crippen LogP contribution in [-0.4, -0.2) is 36.9 Å². The molecule has 3 aromatic rings. The van der Waals surface area contributed by atoms with Gasteiger partial charge in [-0.15, -0.1) is 11.3 Å². The topological polar surface area (TPSA) is 59.5 Å². The van der Waals surface area contributed by atoms with Crippen LogP contribution >= 0.6 is 22.7 Å². The highest BCUT2D eigenvalue weighted by molar-refractivity contribution is 7.91. The Morgan fingerprint density at radius 1 is 1.19 bits per heavy atom. The summed E-state index contributed by atoms with van der Waals surface area (Å²) in [5.41, 5.74) is 0.320. The minimum absolute atomic E-state index is 0.116. The lowest BCUT2D eigenvalue weighted by Gasteiger charge is -2.30. The van der Waals surface area contributed by atoms with Crippen molar-refractivity contribution in [2.75, 3.05) is 13.1 Å². The van der Waals surface area contributed by atoms with E-state index in [9.17, 15) is 12.8 Å². The fraction of sp³-hybridized carbons (Fsp3) is 0.353. The van der Waals surface area contributed by atoms with Crippen molar-refractivity contribution in [3.8, 4) is 5.19 Å². The molecule has 1 aromatic carbocycles. The molecule has 1 fully saturated rings. The Kier molecular flexibility index (Phi) is 4.72. The molecular weight excluding hydrogens is 395 g/mol. The molecule has 1 aliphatic rings. The van der Waals surface area contributed by atoms with Crippen molar-refractivity contribution in [1.82, 2.24) is 9.29 Å². The van der Waals surface area contributed by atoms with Crippen molar-refractivity contribution in [1.29, 1.82) is 0 Å². The zero-order valence-electron chi connectivity index (χ0n) is 14.0. The van der Waals surface area contributed by atoms with Gasteiger partial charge < -0.3 is 4.74 Å². The third-order valence-corrected chi connectivity index (χ3v) is 8.61. The van der Waals surface area contributed by atoms with Crippen molar-refractivity contribution in [2.24, 2.45) is 0 Å². The van der Waals surface area contributed by atoms with E-state index in [-0.39, 0.29) is 11.9 Å². The van der Waals surface area contributed by atoms with Crippen molar-refractivity contribution in [2.45, 2.75) is 30.1 Å². The lowest BCUT2D eigenvalue weighted by atomic mass is 10.1. The van der Waals surface area contributed by atoms with E-state index in [4.69, 9.17) is 4.74 Å². The van der Waals surface area contributed by atoms with E-state index in [0.29, 0.717) is 40.9 Å². The Labute approximate surface area is 159 Å². The average molecular weight is 413 g/mol. The van der Waals surface area contributed by atoms with E-state index in [2.05, 4.69) is 4.98 Å². The fourth-order valence-electron chi connectivity index (χ4n) is 2.96. The Morgan fingerprint density at radius 2 is 1.96 bits per heavy atom. The van der Waals surface area contributed by atoms with E-state index < -0.39 is 10.0 Å². The molecule has 0 bridgehead atoms. The average Bonchev–Trinajstić information content (AvgIpc) is 3.22. The number of rotatable bonds is 4. The summed E-state index contributed by atoms with van der Waals surface area (Å²) in [6.07, 6.45) is 1.06. The summed E-state index contributed by atoms with van der Waals surface area (Å²) >= 11 is 2.60. The van der Waals surface area contributed by atoms with Gasteiger partial charge in [0.15, 0.2) is 0 Å². The monoisotopic (exact) mass is 412 g/mol. The molecule has 26 heavy (non-hydrogen) atoms. The first-order chi connectivity index (χ1) is 12.4. The zero-order chi connectivity index (χ0) is 18.3. The van der Waals surface area contributed by atoms with Gasteiger partial charge in [-0.25, -0.2) is 12.8 Å². The van der Waals surface area contributed by atoms with Gasteiger partial charge in [0.25, 0.3) is 15.2 Å². The summed E-state index contributed by atoms with van der Waals surface area (Å²) in [6, 6.07) is 8.31. The number of thiophene rings is 1. The molecular formula is C17H17FN2O3S3. The largest absolute Gasteiger partial charge is 0.467 e. The highest BCUT2D eigenvalue weighted by Crippen LogP contribution is 2.32. The molecule has 0 atom stereocenters. The number of ether oxygens (including phenoxy) is 1. The predicted octanol–water partition coefficient (Wildman–Crippen LogP) is 4.04. The van der Waals surface area contributed by atoms with Crippen LogP contribution in [0.4, 0.5) is 4.39 Å². The Balaban J connectivity index is 1.42. The Bertz CT molecular complexity index is 1040. The van der Waals surface area contributed by atoms with Gasteiger partial charge in [-0.1, -0.05) is 17.4 Å². The number of nitrogens with zero attached hydrogens (tertiary/aromatic N) is 2. The summed E-state index contributed by atoms with van der Waals surface area (Å²) in [5, 5.41) is 0.431. The van der Waals surface area contributed by atoms with Crippen LogP contribution in [0.3, 0.4) is 0 Å². The van der Waals surface area contributed by atoms with E-state index in [0.717, 1.165) is 9.58 Å². The second-order valence-corrected chi connectivity index (χ2v) is 10.6. The molecule has 5 nitrogen and oxygen atoms in total. The SMILES string of the molecule is Cc1ccc(S(=O)(=O)N2CCC(Oc3nc4c(F)cccc4s3)CC2)s1. The molecule has 4 rings (SSSR count). The first-order valence-corrected chi connectivity index (χ1v) is 11.3. The van der Waals surface area contributed by atoms with Crippen LogP contribution in [-0.2, 0) is 10.0 Å². The third kappa shape index (κ3) is 3.36. The molecule has 0 saturated carbocycles. The maximum Gasteiger partial charge on any atom is 0.274 e. The van der Waals surface area contributed by atoms with Crippen LogP contribution in [0.1, 0.15) is 17.7 Å². The number of aryl methyl sites for hydroxylation is 1. The molecule has 0 spiro atoms. The van der Waals surface area contributed by atoms with Crippen LogP contribution in [0.5, 0.6) is 5.19 Å². The van der Waals surface area contributed by atoms with Gasteiger partial charge in [-0.05, 0) is 44.0 Å². The summed E-state index contributed by atoms with van der Waals surface area (Å²) in [7, 11) is -3.43. The Hall–Kier alpha value is -1.55. The smallest absolute Gasteiger partial charge is 0.274 e. The molecule has 0 N–H and O–H groups in total. The molecule has 138 valence electrons. The maximum atomic E-state index is 13.7. The fourth-order valence-corrected chi connectivity index (χ4v) is 6.76. The van der Waals surface area contributed by atoms with Crippen LogP contribution < -0.4 is 4.74 Å². The van der Waals surface area contributed by atoms with Crippen LogP contribution in [0.2, 0.25) is 0 Å². The quantitative estimate of drug-likeness (QED) is 0.649. The molecule has 3 heterocycles. The molecule has 0 amide bonds. The second kappa shape index (κ2) is 6.88. The number of aromatic nitrogens is 1. The number of halogens is 1. The number of hydrogen-bond acceptors (Lipinski definition) is 6. The van der Waals surface area contributed by atoms with Crippen molar-refractivity contribution in [3.63, 3.8) is 0 Å². The van der Waals surface area contributed by atoms with Gasteiger partial charge in [0.1, 0.15) is 21.6 Å². The summed E-state index contributed by atoms with van der Waals surface area (Å²) < 4.78 is 47.6. The second-order valence-electron chi connectivity index (χ2n) is 6.15. The number of para-hydroxylation sites is 1. The van der Waals surface area contributed by atoms with E-state index >= 15 is 0 Å². The van der Waals surface area contributed by atoms with Gasteiger partial charge >= 0.3 is 0 Å². The zero-order valence-corrected chi connectivity index (χ0v) is 16.5. The van der Waals surface area contributed by atoms with E-state index in [1.54, 1.807) is 18.2 Å². The maximum absolute atomic E-state index is 13.7.